The van der Waals surface area contributed by atoms with Gasteiger partial charge in [-0.3, -0.25) is 0 Å². The van der Waals surface area contributed by atoms with E-state index < -0.39 is 0 Å². The molecule has 1 N–H and O–H groups in total. The van der Waals surface area contributed by atoms with E-state index in [1.807, 2.05) is 13.1 Å². The molecule has 0 spiro atoms. The molecule has 4 aromatic rings. The van der Waals surface area contributed by atoms with Crippen LogP contribution in [0.2, 0.25) is 0 Å². The van der Waals surface area contributed by atoms with Gasteiger partial charge in [0.05, 0.1) is 36.9 Å². The van der Waals surface area contributed by atoms with Crippen molar-refractivity contribution in [2.24, 2.45) is 7.05 Å². The van der Waals surface area contributed by atoms with Crippen LogP contribution in [0.3, 0.4) is 0 Å². The summed E-state index contributed by atoms with van der Waals surface area (Å²) in [6.45, 7) is 1.52. The van der Waals surface area contributed by atoms with Crippen LogP contribution in [0.15, 0.2) is 65.4 Å². The minimum Gasteiger partial charge on any atom is -0.464 e. The normalized spacial score (nSPS) is 19.6. The Balaban J connectivity index is 1.42. The molecule has 29 heavy (non-hydrogen) atoms. The monoisotopic (exact) mass is 388 g/mol. The van der Waals surface area contributed by atoms with Crippen molar-refractivity contribution >= 4 is 11.0 Å². The number of hydrogen-bond acceptors (Lipinski definition) is 5. The van der Waals surface area contributed by atoms with Gasteiger partial charge >= 0.3 is 0 Å². The zero-order valence-corrected chi connectivity index (χ0v) is 16.4. The molecule has 6 nitrogen and oxygen atoms in total. The van der Waals surface area contributed by atoms with Crippen molar-refractivity contribution in [3.05, 3.63) is 72.1 Å². The Morgan fingerprint density at radius 1 is 1.21 bits per heavy atom. The number of rotatable bonds is 5. The van der Waals surface area contributed by atoms with Crippen molar-refractivity contribution in [2.45, 2.75) is 31.6 Å². The first-order valence-electron chi connectivity index (χ1n) is 10.0. The Morgan fingerprint density at radius 2 is 2.10 bits per heavy atom. The largest absolute Gasteiger partial charge is 0.464 e. The molecule has 2 aromatic carbocycles. The van der Waals surface area contributed by atoms with Crippen molar-refractivity contribution in [1.82, 2.24) is 20.3 Å². The molecule has 0 aliphatic carbocycles. The molecule has 5 rings (SSSR count). The van der Waals surface area contributed by atoms with Gasteiger partial charge in [0.1, 0.15) is 5.58 Å². The fourth-order valence-electron chi connectivity index (χ4n) is 4.19. The first-order chi connectivity index (χ1) is 14.3. The number of hydrogen-bond donors (Lipinski definition) is 1. The lowest BCUT2D eigenvalue weighted by Crippen LogP contribution is -2.39. The summed E-state index contributed by atoms with van der Waals surface area (Å²) in [6.07, 6.45) is 5.79. The minimum absolute atomic E-state index is 0.123. The first-order valence-corrected chi connectivity index (χ1v) is 10.0. The number of piperidine rings is 1. The quantitative estimate of drug-likeness (QED) is 0.554. The molecule has 3 heterocycles. The third-order valence-corrected chi connectivity index (χ3v) is 5.65. The summed E-state index contributed by atoms with van der Waals surface area (Å²) in [5.41, 5.74) is 5.22. The minimum atomic E-state index is 0.123. The molecule has 1 aliphatic rings. The number of ether oxygens (including phenoxy) is 1. The van der Waals surface area contributed by atoms with E-state index in [0.29, 0.717) is 6.61 Å². The third kappa shape index (κ3) is 3.57. The topological polar surface area (TPSA) is 65.1 Å². The van der Waals surface area contributed by atoms with E-state index in [1.165, 1.54) is 5.56 Å². The van der Waals surface area contributed by atoms with Crippen LogP contribution >= 0.6 is 0 Å². The molecule has 0 amide bonds. The van der Waals surface area contributed by atoms with Gasteiger partial charge in [-0.2, -0.15) is 0 Å². The molecule has 1 fully saturated rings. The molecule has 0 saturated carbocycles. The number of furan rings is 1. The Hall–Kier alpha value is -2.96. The van der Waals surface area contributed by atoms with Crippen molar-refractivity contribution in [1.29, 1.82) is 0 Å². The van der Waals surface area contributed by atoms with E-state index in [-0.39, 0.29) is 12.1 Å². The fraction of sp³-hybridized carbons (Fsp3) is 0.304. The highest BCUT2D eigenvalue weighted by Gasteiger charge is 2.27. The summed E-state index contributed by atoms with van der Waals surface area (Å²) in [5, 5.41) is 12.8. The Bertz CT molecular complexity index is 1100. The number of aromatic nitrogens is 3. The van der Waals surface area contributed by atoms with Crippen LogP contribution in [-0.2, 0) is 18.4 Å². The maximum atomic E-state index is 6.46. The van der Waals surface area contributed by atoms with Gasteiger partial charge in [-0.05, 0) is 43.1 Å². The van der Waals surface area contributed by atoms with E-state index in [2.05, 4.69) is 58.1 Å². The maximum absolute atomic E-state index is 6.46. The second-order valence-corrected chi connectivity index (χ2v) is 7.55. The predicted octanol–water partition coefficient (Wildman–Crippen LogP) is 4.24. The van der Waals surface area contributed by atoms with E-state index in [0.717, 1.165) is 47.2 Å². The molecule has 2 aromatic heterocycles. The lowest BCUT2D eigenvalue weighted by Gasteiger charge is -2.33. The molecular weight excluding hydrogens is 364 g/mol. The van der Waals surface area contributed by atoms with Gasteiger partial charge in [0.15, 0.2) is 0 Å². The molecule has 1 aliphatic heterocycles. The summed E-state index contributed by atoms with van der Waals surface area (Å²) in [4.78, 5) is 0. The van der Waals surface area contributed by atoms with Gasteiger partial charge in [-0.25, -0.2) is 4.68 Å². The lowest BCUT2D eigenvalue weighted by atomic mass is 9.94. The second kappa shape index (κ2) is 7.81. The number of nitrogens with zero attached hydrogens (tertiary/aromatic N) is 3. The fourth-order valence-corrected chi connectivity index (χ4v) is 4.19. The van der Waals surface area contributed by atoms with Crippen LogP contribution < -0.4 is 5.32 Å². The van der Waals surface area contributed by atoms with Crippen LogP contribution in [0.1, 0.15) is 30.0 Å². The van der Waals surface area contributed by atoms with Gasteiger partial charge < -0.3 is 14.5 Å². The van der Waals surface area contributed by atoms with Crippen molar-refractivity contribution in [3.63, 3.8) is 0 Å². The van der Waals surface area contributed by atoms with E-state index in [9.17, 15) is 0 Å². The van der Waals surface area contributed by atoms with Crippen molar-refractivity contribution in [2.75, 3.05) is 6.54 Å². The molecule has 0 bridgehead atoms. The van der Waals surface area contributed by atoms with E-state index in [4.69, 9.17) is 9.15 Å². The van der Waals surface area contributed by atoms with Crippen molar-refractivity contribution in [3.8, 4) is 11.3 Å². The molecular formula is C23H24N4O2. The molecule has 2 unspecified atom stereocenters. The van der Waals surface area contributed by atoms with Gasteiger partial charge in [-0.1, -0.05) is 35.5 Å². The van der Waals surface area contributed by atoms with Gasteiger partial charge in [0.25, 0.3) is 0 Å². The summed E-state index contributed by atoms with van der Waals surface area (Å²) < 4.78 is 14.0. The smallest absolute Gasteiger partial charge is 0.139 e. The highest BCUT2D eigenvalue weighted by Crippen LogP contribution is 2.31. The zero-order chi connectivity index (χ0) is 19.6. The van der Waals surface area contributed by atoms with Crippen LogP contribution in [0, 0.1) is 0 Å². The molecule has 6 heteroatoms. The van der Waals surface area contributed by atoms with Crippen molar-refractivity contribution < 1.29 is 9.15 Å². The van der Waals surface area contributed by atoms with Crippen LogP contribution in [0.4, 0.5) is 0 Å². The molecule has 1 saturated heterocycles. The summed E-state index contributed by atoms with van der Waals surface area (Å²) in [7, 11) is 1.90. The summed E-state index contributed by atoms with van der Waals surface area (Å²) in [6, 6.07) is 17.0. The first kappa shape index (κ1) is 18.1. The molecule has 0 radical (unpaired) electrons. The maximum Gasteiger partial charge on any atom is 0.139 e. The predicted molar refractivity (Wildman–Crippen MR) is 111 cm³/mol. The summed E-state index contributed by atoms with van der Waals surface area (Å²) in [5.74, 6) is 0. The SMILES string of the molecule is Cn1nncc1-c1cc(COC2CCCNC2c2ccccc2)c2occc2c1. The number of benzene rings is 2. The number of aryl methyl sites for hydroxylation is 1. The van der Waals surface area contributed by atoms with E-state index >= 15 is 0 Å². The highest BCUT2D eigenvalue weighted by molar-refractivity contribution is 5.85. The summed E-state index contributed by atoms with van der Waals surface area (Å²) >= 11 is 0. The van der Waals surface area contributed by atoms with Crippen LogP contribution in [-0.4, -0.2) is 27.6 Å². The molecule has 2 atom stereocenters. The van der Waals surface area contributed by atoms with E-state index in [1.54, 1.807) is 17.1 Å². The van der Waals surface area contributed by atoms with Gasteiger partial charge in [0.2, 0.25) is 0 Å². The Kier molecular flexibility index (Phi) is 4.87. The second-order valence-electron chi connectivity index (χ2n) is 7.55. The average molecular weight is 388 g/mol. The Labute approximate surface area is 169 Å². The Morgan fingerprint density at radius 3 is 2.93 bits per heavy atom. The van der Waals surface area contributed by atoms with Crippen LogP contribution in [0.25, 0.3) is 22.2 Å². The lowest BCUT2D eigenvalue weighted by molar-refractivity contribution is -0.00334. The average Bonchev–Trinajstić information content (AvgIpc) is 3.41. The number of fused-ring (bicyclic) bond motifs is 1. The number of nitrogens with one attached hydrogen (secondary N) is 1. The van der Waals surface area contributed by atoms with Crippen LogP contribution in [0.5, 0.6) is 0 Å². The standard InChI is InChI=1S/C23H24N4O2/c1-27-20(14-25-26-27)18-12-17-9-11-28-23(17)19(13-18)15-29-21-8-5-10-24-22(21)16-6-3-2-4-7-16/h2-4,6-7,9,11-14,21-22,24H,5,8,10,15H2,1H3. The van der Waals surface area contributed by atoms with Gasteiger partial charge in [0, 0.05) is 23.6 Å². The third-order valence-electron chi connectivity index (χ3n) is 5.65. The molecule has 148 valence electrons. The van der Waals surface area contributed by atoms with Gasteiger partial charge in [-0.15, -0.1) is 5.10 Å². The zero-order valence-electron chi connectivity index (χ0n) is 16.4. The highest BCUT2D eigenvalue weighted by atomic mass is 16.5.